The van der Waals surface area contributed by atoms with E-state index >= 15 is 0 Å². The molecule has 0 aromatic heterocycles. The molecule has 1 saturated heterocycles. The summed E-state index contributed by atoms with van der Waals surface area (Å²) in [7, 11) is 0. The maximum Gasteiger partial charge on any atom is 0.149 e. The van der Waals surface area contributed by atoms with E-state index in [1.54, 1.807) is 0 Å². The minimum absolute atomic E-state index is 0.138. The minimum atomic E-state index is -0.447. The van der Waals surface area contributed by atoms with Gasteiger partial charge in [0.05, 0.1) is 0 Å². The lowest BCUT2D eigenvalue weighted by molar-refractivity contribution is 0.540. The van der Waals surface area contributed by atoms with Crippen molar-refractivity contribution >= 4 is 5.69 Å². The highest BCUT2D eigenvalue weighted by Crippen LogP contribution is 2.33. The summed E-state index contributed by atoms with van der Waals surface area (Å²) in [6, 6.07) is 3.11. The molecule has 0 spiro atoms. The molecule has 1 heterocycles. The number of rotatable bonds is 5. The Morgan fingerprint density at radius 3 is 2.33 bits per heavy atom. The van der Waals surface area contributed by atoms with Gasteiger partial charge in [-0.05, 0) is 49.4 Å². The first kappa shape index (κ1) is 16.2. The van der Waals surface area contributed by atoms with Gasteiger partial charge in [-0.3, -0.25) is 0 Å². The zero-order chi connectivity index (χ0) is 15.6. The maximum atomic E-state index is 14.3. The molecule has 2 nitrogen and oxygen atoms in total. The number of benzene rings is 1. The van der Waals surface area contributed by atoms with E-state index in [4.69, 9.17) is 0 Å². The third kappa shape index (κ3) is 3.94. The number of anilines is 1. The van der Waals surface area contributed by atoms with E-state index in [-0.39, 0.29) is 11.7 Å². The lowest BCUT2D eigenvalue weighted by Gasteiger charge is -2.25. The lowest BCUT2D eigenvalue weighted by atomic mass is 10.1. The summed E-state index contributed by atoms with van der Waals surface area (Å²) in [5, 5.41) is 3.21. The molecule has 2 atom stereocenters. The van der Waals surface area contributed by atoms with Gasteiger partial charge in [0.2, 0.25) is 0 Å². The molecule has 0 aliphatic carbocycles. The van der Waals surface area contributed by atoms with Crippen molar-refractivity contribution in [1.82, 2.24) is 5.32 Å². The fraction of sp³-hybridized carbons (Fsp3) is 0.647. The normalized spacial score (nSPS) is 22.3. The van der Waals surface area contributed by atoms with E-state index in [2.05, 4.69) is 26.1 Å². The van der Waals surface area contributed by atoms with Gasteiger partial charge in [-0.25, -0.2) is 8.78 Å². The van der Waals surface area contributed by atoms with Crippen LogP contribution in [0.4, 0.5) is 14.5 Å². The Balaban J connectivity index is 2.14. The molecule has 1 aliphatic rings. The van der Waals surface area contributed by atoms with Gasteiger partial charge in [-0.15, -0.1) is 0 Å². The van der Waals surface area contributed by atoms with Crippen molar-refractivity contribution in [1.29, 1.82) is 0 Å². The molecular weight excluding hydrogens is 270 g/mol. The molecule has 0 bridgehead atoms. The standard InChI is InChI=1S/C17H26F2N2/c1-11(2)8-20-9-14-6-15(18)17(16(19)7-14)21-10-12(3)5-13(21)4/h6-7,11-13,20H,5,8-10H2,1-4H3. The smallest absolute Gasteiger partial charge is 0.149 e. The van der Waals surface area contributed by atoms with Gasteiger partial charge in [0.25, 0.3) is 0 Å². The molecule has 21 heavy (non-hydrogen) atoms. The third-order valence-electron chi connectivity index (χ3n) is 4.03. The fourth-order valence-electron chi connectivity index (χ4n) is 3.11. The van der Waals surface area contributed by atoms with E-state index in [0.29, 0.717) is 23.9 Å². The van der Waals surface area contributed by atoms with Crippen LogP contribution < -0.4 is 10.2 Å². The second kappa shape index (κ2) is 6.73. The Morgan fingerprint density at radius 2 is 1.86 bits per heavy atom. The SMILES string of the molecule is CC(C)CNCc1cc(F)c(N2CC(C)CC2C)c(F)c1. The molecule has 1 aromatic carbocycles. The number of hydrogen-bond acceptors (Lipinski definition) is 2. The number of halogens is 2. The van der Waals surface area contributed by atoms with E-state index < -0.39 is 11.6 Å². The lowest BCUT2D eigenvalue weighted by Crippen LogP contribution is -2.29. The third-order valence-corrected chi connectivity index (χ3v) is 4.03. The second-order valence-electron chi connectivity index (χ2n) is 6.78. The van der Waals surface area contributed by atoms with Crippen LogP contribution in [-0.4, -0.2) is 19.1 Å². The molecule has 0 amide bonds. The first-order valence-electron chi connectivity index (χ1n) is 7.83. The Bertz CT molecular complexity index is 465. The molecule has 2 unspecified atom stereocenters. The average molecular weight is 296 g/mol. The van der Waals surface area contributed by atoms with Crippen LogP contribution in [0.25, 0.3) is 0 Å². The number of hydrogen-bond donors (Lipinski definition) is 1. The van der Waals surface area contributed by atoms with Crippen LogP contribution >= 0.6 is 0 Å². The summed E-state index contributed by atoms with van der Waals surface area (Å²) >= 11 is 0. The first-order chi connectivity index (χ1) is 9.88. The molecule has 0 saturated carbocycles. The quantitative estimate of drug-likeness (QED) is 0.885. The summed E-state index contributed by atoms with van der Waals surface area (Å²) in [5.41, 5.74) is 0.800. The van der Waals surface area contributed by atoms with Gasteiger partial charge in [-0.2, -0.15) is 0 Å². The van der Waals surface area contributed by atoms with Crippen LogP contribution in [0, 0.1) is 23.5 Å². The fourth-order valence-corrected chi connectivity index (χ4v) is 3.11. The van der Waals surface area contributed by atoms with Gasteiger partial charge in [-0.1, -0.05) is 20.8 Å². The summed E-state index contributed by atoms with van der Waals surface area (Å²) < 4.78 is 28.7. The van der Waals surface area contributed by atoms with E-state index in [0.717, 1.165) is 19.5 Å². The molecule has 2 rings (SSSR count). The van der Waals surface area contributed by atoms with Crippen molar-refractivity contribution in [2.75, 3.05) is 18.0 Å². The Kier molecular flexibility index (Phi) is 5.20. The summed E-state index contributed by atoms with van der Waals surface area (Å²) in [6.07, 6.45) is 0.983. The van der Waals surface area contributed by atoms with Crippen molar-refractivity contribution in [3.8, 4) is 0 Å². The van der Waals surface area contributed by atoms with Crippen LogP contribution in [0.15, 0.2) is 12.1 Å². The highest BCUT2D eigenvalue weighted by Gasteiger charge is 2.30. The van der Waals surface area contributed by atoms with Gasteiger partial charge < -0.3 is 10.2 Å². The predicted octanol–water partition coefficient (Wildman–Crippen LogP) is 3.95. The highest BCUT2D eigenvalue weighted by atomic mass is 19.1. The van der Waals surface area contributed by atoms with Crippen molar-refractivity contribution in [3.05, 3.63) is 29.3 Å². The molecular formula is C17H26F2N2. The molecule has 1 fully saturated rings. The highest BCUT2D eigenvalue weighted by molar-refractivity contribution is 5.52. The molecule has 4 heteroatoms. The summed E-state index contributed by atoms with van der Waals surface area (Å²) in [6.45, 7) is 10.4. The summed E-state index contributed by atoms with van der Waals surface area (Å²) in [4.78, 5) is 1.86. The minimum Gasteiger partial charge on any atom is -0.364 e. The van der Waals surface area contributed by atoms with E-state index in [9.17, 15) is 8.78 Å². The Morgan fingerprint density at radius 1 is 1.24 bits per heavy atom. The van der Waals surface area contributed by atoms with Gasteiger partial charge >= 0.3 is 0 Å². The zero-order valence-corrected chi connectivity index (χ0v) is 13.4. The first-order valence-corrected chi connectivity index (χ1v) is 7.83. The largest absolute Gasteiger partial charge is 0.364 e. The molecule has 118 valence electrons. The molecule has 0 radical (unpaired) electrons. The Hall–Kier alpha value is -1.16. The summed E-state index contributed by atoms with van der Waals surface area (Å²) in [5.74, 6) is 0.103. The monoisotopic (exact) mass is 296 g/mol. The molecule has 1 aromatic rings. The molecule has 1 aliphatic heterocycles. The predicted molar refractivity (Wildman–Crippen MR) is 83.5 cm³/mol. The van der Waals surface area contributed by atoms with Gasteiger partial charge in [0.1, 0.15) is 17.3 Å². The average Bonchev–Trinajstić information content (AvgIpc) is 2.67. The Labute approximate surface area is 126 Å². The van der Waals surface area contributed by atoms with Gasteiger partial charge in [0, 0.05) is 19.1 Å². The van der Waals surface area contributed by atoms with Crippen LogP contribution in [-0.2, 0) is 6.54 Å². The second-order valence-corrected chi connectivity index (χ2v) is 6.78. The van der Waals surface area contributed by atoms with Crippen molar-refractivity contribution in [2.45, 2.75) is 46.7 Å². The van der Waals surface area contributed by atoms with E-state index in [1.807, 2.05) is 11.8 Å². The van der Waals surface area contributed by atoms with Crippen molar-refractivity contribution in [3.63, 3.8) is 0 Å². The molecule has 1 N–H and O–H groups in total. The maximum absolute atomic E-state index is 14.3. The topological polar surface area (TPSA) is 15.3 Å². The van der Waals surface area contributed by atoms with Crippen LogP contribution in [0.5, 0.6) is 0 Å². The van der Waals surface area contributed by atoms with E-state index in [1.165, 1.54) is 12.1 Å². The number of nitrogens with zero attached hydrogens (tertiary/aromatic N) is 1. The van der Waals surface area contributed by atoms with Crippen LogP contribution in [0.3, 0.4) is 0 Å². The van der Waals surface area contributed by atoms with Crippen LogP contribution in [0.2, 0.25) is 0 Å². The van der Waals surface area contributed by atoms with Crippen molar-refractivity contribution in [2.24, 2.45) is 11.8 Å². The zero-order valence-electron chi connectivity index (χ0n) is 13.4. The van der Waals surface area contributed by atoms with Crippen molar-refractivity contribution < 1.29 is 8.78 Å². The van der Waals surface area contributed by atoms with Crippen LogP contribution in [0.1, 0.15) is 39.7 Å². The number of nitrogens with one attached hydrogen (secondary N) is 1. The van der Waals surface area contributed by atoms with Gasteiger partial charge in [0.15, 0.2) is 0 Å².